The summed E-state index contributed by atoms with van der Waals surface area (Å²) in [6, 6.07) is 8.32. The maximum Gasteiger partial charge on any atom is 0.191 e. The molecule has 2 aromatic rings. The van der Waals surface area contributed by atoms with Gasteiger partial charge >= 0.3 is 0 Å². The number of aliphatic imine (C=N–C) groups is 1. The molecule has 1 unspecified atom stereocenters. The monoisotopic (exact) mass is 435 g/mol. The molecule has 1 atom stereocenters. The van der Waals surface area contributed by atoms with Crippen molar-refractivity contribution in [2.75, 3.05) is 39.4 Å². The first-order chi connectivity index (χ1) is 14.2. The van der Waals surface area contributed by atoms with Crippen LogP contribution < -0.4 is 10.6 Å². The second kappa shape index (κ2) is 11.5. The fourth-order valence-electron chi connectivity index (χ4n) is 3.33. The maximum absolute atomic E-state index is 6.27. The molecule has 0 aliphatic carbocycles. The third-order valence-corrected chi connectivity index (χ3v) is 6.21. The molecule has 0 saturated carbocycles. The number of aromatic nitrogens is 1. The molecule has 1 aromatic carbocycles. The van der Waals surface area contributed by atoms with Gasteiger partial charge in [-0.05, 0) is 31.0 Å². The van der Waals surface area contributed by atoms with Crippen LogP contribution in [0.25, 0.3) is 0 Å². The molecule has 0 radical (unpaired) electrons. The van der Waals surface area contributed by atoms with Crippen LogP contribution in [0.15, 0.2) is 35.5 Å². The van der Waals surface area contributed by atoms with Gasteiger partial charge in [-0.2, -0.15) is 0 Å². The van der Waals surface area contributed by atoms with Gasteiger partial charge in [0.1, 0.15) is 5.01 Å². The number of nitrogens with one attached hydrogen (secondary N) is 2. The van der Waals surface area contributed by atoms with E-state index < -0.39 is 0 Å². The molecule has 2 heterocycles. The van der Waals surface area contributed by atoms with Gasteiger partial charge in [-0.15, -0.1) is 11.3 Å². The van der Waals surface area contributed by atoms with Crippen LogP contribution in [0.1, 0.15) is 35.3 Å². The van der Waals surface area contributed by atoms with Crippen molar-refractivity contribution in [1.29, 1.82) is 0 Å². The van der Waals surface area contributed by atoms with Crippen LogP contribution in [0.4, 0.5) is 0 Å². The molecule has 3 rings (SSSR count). The van der Waals surface area contributed by atoms with Gasteiger partial charge < -0.3 is 15.4 Å². The molecule has 6 nitrogen and oxygen atoms in total. The molecule has 8 heteroatoms. The van der Waals surface area contributed by atoms with Crippen LogP contribution in [0.5, 0.6) is 0 Å². The van der Waals surface area contributed by atoms with Crippen molar-refractivity contribution in [1.82, 2.24) is 20.5 Å². The van der Waals surface area contributed by atoms with E-state index in [1.165, 1.54) is 10.4 Å². The minimum atomic E-state index is 0.202. The Hall–Kier alpha value is -1.67. The van der Waals surface area contributed by atoms with Crippen LogP contribution in [-0.2, 0) is 17.7 Å². The molecule has 2 N–H and O–H groups in total. The highest BCUT2D eigenvalue weighted by Crippen LogP contribution is 2.24. The Morgan fingerprint density at radius 3 is 2.83 bits per heavy atom. The molecule has 1 aromatic heterocycles. The molecule has 1 aliphatic rings. The van der Waals surface area contributed by atoms with Gasteiger partial charge in [0.2, 0.25) is 0 Å². The highest BCUT2D eigenvalue weighted by Gasteiger charge is 2.23. The zero-order valence-corrected chi connectivity index (χ0v) is 18.7. The number of benzene rings is 1. The van der Waals surface area contributed by atoms with E-state index in [-0.39, 0.29) is 6.04 Å². The lowest BCUT2D eigenvalue weighted by Gasteiger charge is -2.35. The minimum Gasteiger partial charge on any atom is -0.379 e. The van der Waals surface area contributed by atoms with Crippen molar-refractivity contribution >= 4 is 28.9 Å². The van der Waals surface area contributed by atoms with Crippen molar-refractivity contribution in [3.63, 3.8) is 0 Å². The largest absolute Gasteiger partial charge is 0.379 e. The zero-order valence-electron chi connectivity index (χ0n) is 17.2. The number of rotatable bonds is 8. The van der Waals surface area contributed by atoms with Crippen molar-refractivity contribution < 1.29 is 4.74 Å². The topological polar surface area (TPSA) is 61.8 Å². The number of thiazole rings is 1. The fraction of sp³-hybridized carbons (Fsp3) is 0.524. The Kier molecular flexibility index (Phi) is 8.73. The quantitative estimate of drug-likeness (QED) is 0.491. The number of guanidine groups is 1. The predicted molar refractivity (Wildman–Crippen MR) is 121 cm³/mol. The Morgan fingerprint density at radius 1 is 1.31 bits per heavy atom. The number of hydrogen-bond acceptors (Lipinski definition) is 5. The normalized spacial score (nSPS) is 16.6. The first kappa shape index (κ1) is 22.0. The summed E-state index contributed by atoms with van der Waals surface area (Å²) in [5.41, 5.74) is 1.20. The minimum absolute atomic E-state index is 0.202. The summed E-state index contributed by atoms with van der Waals surface area (Å²) in [6.07, 6.45) is 2.96. The zero-order chi connectivity index (χ0) is 20.5. The average molecular weight is 436 g/mol. The first-order valence-corrected chi connectivity index (χ1v) is 11.4. The van der Waals surface area contributed by atoms with Crippen LogP contribution in [-0.4, -0.2) is 55.2 Å². The molecule has 1 aliphatic heterocycles. The van der Waals surface area contributed by atoms with E-state index in [2.05, 4.69) is 46.5 Å². The van der Waals surface area contributed by atoms with Gasteiger partial charge in [-0.25, -0.2) is 9.98 Å². The lowest BCUT2D eigenvalue weighted by molar-refractivity contribution is 0.0170. The molecule has 29 heavy (non-hydrogen) atoms. The lowest BCUT2D eigenvalue weighted by Crippen LogP contribution is -2.46. The van der Waals surface area contributed by atoms with E-state index in [0.29, 0.717) is 6.54 Å². The predicted octanol–water partition coefficient (Wildman–Crippen LogP) is 3.49. The Balaban J connectivity index is 1.69. The van der Waals surface area contributed by atoms with E-state index in [0.717, 1.165) is 61.8 Å². The van der Waals surface area contributed by atoms with Crippen molar-refractivity contribution in [2.24, 2.45) is 4.99 Å². The van der Waals surface area contributed by atoms with Gasteiger partial charge in [0.05, 0.1) is 25.8 Å². The van der Waals surface area contributed by atoms with Gasteiger partial charge in [0.15, 0.2) is 5.96 Å². The van der Waals surface area contributed by atoms with Crippen molar-refractivity contribution in [3.8, 4) is 0 Å². The summed E-state index contributed by atoms with van der Waals surface area (Å²) in [5, 5.41) is 8.66. The fourth-order valence-corrected chi connectivity index (χ4v) is 4.31. The third kappa shape index (κ3) is 6.67. The summed E-state index contributed by atoms with van der Waals surface area (Å²) < 4.78 is 5.54. The van der Waals surface area contributed by atoms with Gasteiger partial charge in [-0.3, -0.25) is 4.90 Å². The van der Waals surface area contributed by atoms with Gasteiger partial charge in [0.25, 0.3) is 0 Å². The Labute approximate surface area is 182 Å². The van der Waals surface area contributed by atoms with E-state index in [1.54, 1.807) is 11.3 Å². The smallest absolute Gasteiger partial charge is 0.191 e. The molecule has 1 fully saturated rings. The number of hydrogen-bond donors (Lipinski definition) is 2. The average Bonchev–Trinajstić information content (AvgIpc) is 3.21. The molecular weight excluding hydrogens is 406 g/mol. The van der Waals surface area contributed by atoms with Crippen molar-refractivity contribution in [2.45, 2.75) is 32.9 Å². The van der Waals surface area contributed by atoms with Crippen LogP contribution in [0, 0.1) is 0 Å². The second-order valence-electron chi connectivity index (χ2n) is 6.87. The summed E-state index contributed by atoms with van der Waals surface area (Å²) in [7, 11) is 0. The summed E-state index contributed by atoms with van der Waals surface area (Å²) in [6.45, 7) is 9.69. The van der Waals surface area contributed by atoms with E-state index in [1.807, 2.05) is 18.3 Å². The number of halogens is 1. The number of nitrogens with zero attached hydrogens (tertiary/aromatic N) is 3. The Bertz CT molecular complexity index is 791. The summed E-state index contributed by atoms with van der Waals surface area (Å²) >= 11 is 7.99. The van der Waals surface area contributed by atoms with E-state index in [9.17, 15) is 0 Å². The second-order valence-corrected chi connectivity index (χ2v) is 8.51. The van der Waals surface area contributed by atoms with Gasteiger partial charge in [0, 0.05) is 42.3 Å². The first-order valence-electron chi connectivity index (χ1n) is 10.2. The molecule has 0 spiro atoms. The maximum atomic E-state index is 6.27. The van der Waals surface area contributed by atoms with Crippen LogP contribution >= 0.6 is 22.9 Å². The standard InChI is InChI=1S/C21H30ClN5OS/c1-3-18-13-24-20(29-18)15-26-21(23-4-2)25-14-19(27-8-10-28-11-9-27)16-6-5-7-17(22)12-16/h5-7,12-13,19H,3-4,8-11,14-15H2,1-2H3,(H2,23,25,26). The molecular formula is C21H30ClN5OS. The molecule has 158 valence electrons. The number of ether oxygens (including phenoxy) is 1. The van der Waals surface area contributed by atoms with Crippen molar-refractivity contribution in [3.05, 3.63) is 50.9 Å². The molecule has 0 bridgehead atoms. The van der Waals surface area contributed by atoms with Crippen LogP contribution in [0.3, 0.4) is 0 Å². The van der Waals surface area contributed by atoms with E-state index in [4.69, 9.17) is 21.3 Å². The number of morpholine rings is 1. The summed E-state index contributed by atoms with van der Waals surface area (Å²) in [4.78, 5) is 12.9. The van der Waals surface area contributed by atoms with E-state index >= 15 is 0 Å². The number of aryl methyl sites for hydroxylation is 1. The third-order valence-electron chi connectivity index (χ3n) is 4.85. The van der Waals surface area contributed by atoms with Gasteiger partial charge in [-0.1, -0.05) is 30.7 Å². The lowest BCUT2D eigenvalue weighted by atomic mass is 10.0. The Morgan fingerprint density at radius 2 is 2.14 bits per heavy atom. The molecule has 0 amide bonds. The van der Waals surface area contributed by atoms with Crippen LogP contribution in [0.2, 0.25) is 5.02 Å². The SMILES string of the molecule is CCNC(=NCc1ncc(CC)s1)NCC(c1cccc(Cl)c1)N1CCOCC1. The summed E-state index contributed by atoms with van der Waals surface area (Å²) in [5.74, 6) is 0.807. The molecule has 1 saturated heterocycles. The highest BCUT2D eigenvalue weighted by atomic mass is 35.5. The highest BCUT2D eigenvalue weighted by molar-refractivity contribution is 7.11.